The summed E-state index contributed by atoms with van der Waals surface area (Å²) >= 11 is 1.69. The van der Waals surface area contributed by atoms with Crippen LogP contribution < -0.4 is 5.32 Å². The molecule has 2 rings (SSSR count). The molecule has 0 spiro atoms. The number of anilines is 1. The Bertz CT molecular complexity index is 567. The van der Waals surface area contributed by atoms with E-state index in [-0.39, 0.29) is 11.1 Å². The van der Waals surface area contributed by atoms with Crippen LogP contribution in [-0.4, -0.2) is 16.5 Å². The molecule has 5 nitrogen and oxygen atoms in total. The third-order valence-electron chi connectivity index (χ3n) is 2.91. The molecule has 2 aromatic heterocycles. The Morgan fingerprint density at radius 1 is 1.47 bits per heavy atom. The minimum absolute atomic E-state index is 0.00415. The van der Waals surface area contributed by atoms with Crippen LogP contribution in [0.15, 0.2) is 36.0 Å². The maximum absolute atomic E-state index is 10.9. The van der Waals surface area contributed by atoms with Gasteiger partial charge in [-0.15, -0.1) is 11.3 Å². The topological polar surface area (TPSA) is 68.1 Å². The number of hydrogen-bond donors (Lipinski definition) is 1. The minimum atomic E-state index is -0.423. The maximum Gasteiger partial charge on any atom is 0.310 e. The smallest absolute Gasteiger partial charge is 0.310 e. The van der Waals surface area contributed by atoms with Crippen LogP contribution in [-0.2, 0) is 5.41 Å². The number of nitrogens with one attached hydrogen (secondary N) is 1. The van der Waals surface area contributed by atoms with Gasteiger partial charge in [0.05, 0.1) is 4.92 Å². The Morgan fingerprint density at radius 3 is 2.89 bits per heavy atom. The number of nitro groups is 1. The molecule has 6 heteroatoms. The lowest BCUT2D eigenvalue weighted by Gasteiger charge is -2.24. The van der Waals surface area contributed by atoms with Crippen molar-refractivity contribution in [3.05, 3.63) is 51.0 Å². The summed E-state index contributed by atoms with van der Waals surface area (Å²) < 4.78 is 0. The molecule has 0 atom stereocenters. The number of thiophene rings is 1. The molecule has 0 unspecified atom stereocenters. The third-order valence-corrected chi connectivity index (χ3v) is 4.14. The lowest BCUT2D eigenvalue weighted by atomic mass is 9.91. The summed E-state index contributed by atoms with van der Waals surface area (Å²) in [6.45, 7) is 4.84. The van der Waals surface area contributed by atoms with E-state index in [0.29, 0.717) is 12.2 Å². The summed E-state index contributed by atoms with van der Waals surface area (Å²) in [6.07, 6.45) is 2.81. The molecule has 100 valence electrons. The monoisotopic (exact) mass is 277 g/mol. The molecule has 0 saturated heterocycles. The van der Waals surface area contributed by atoms with Crippen LogP contribution in [0.1, 0.15) is 18.7 Å². The number of rotatable bonds is 5. The number of pyridine rings is 1. The largest absolute Gasteiger partial charge is 0.378 e. The van der Waals surface area contributed by atoms with Gasteiger partial charge in [0.25, 0.3) is 0 Å². The Morgan fingerprint density at radius 2 is 2.26 bits per heavy atom. The highest BCUT2D eigenvalue weighted by atomic mass is 32.1. The molecule has 0 radical (unpaired) electrons. The highest BCUT2D eigenvalue weighted by Crippen LogP contribution is 2.29. The van der Waals surface area contributed by atoms with Gasteiger partial charge in [-0.3, -0.25) is 15.1 Å². The van der Waals surface area contributed by atoms with E-state index in [1.807, 2.05) is 11.4 Å². The van der Waals surface area contributed by atoms with E-state index in [9.17, 15) is 10.1 Å². The van der Waals surface area contributed by atoms with Crippen molar-refractivity contribution >= 4 is 22.7 Å². The van der Waals surface area contributed by atoms with Crippen molar-refractivity contribution in [3.8, 4) is 0 Å². The van der Waals surface area contributed by atoms with Crippen LogP contribution in [0.5, 0.6) is 0 Å². The number of aromatic nitrogens is 1. The van der Waals surface area contributed by atoms with Gasteiger partial charge in [-0.05, 0) is 17.5 Å². The van der Waals surface area contributed by atoms with Gasteiger partial charge >= 0.3 is 5.69 Å². The lowest BCUT2D eigenvalue weighted by Crippen LogP contribution is -2.26. The highest BCUT2D eigenvalue weighted by molar-refractivity contribution is 7.10. The second kappa shape index (κ2) is 5.36. The Kier molecular flexibility index (Phi) is 3.80. The molecule has 0 bridgehead atoms. The predicted molar refractivity (Wildman–Crippen MR) is 76.7 cm³/mol. The van der Waals surface area contributed by atoms with Crippen LogP contribution in [0.3, 0.4) is 0 Å². The zero-order valence-electron chi connectivity index (χ0n) is 10.8. The Balaban J connectivity index is 2.13. The molecule has 2 aromatic rings. The first kappa shape index (κ1) is 13.5. The van der Waals surface area contributed by atoms with Crippen LogP contribution in [0.4, 0.5) is 11.4 Å². The van der Waals surface area contributed by atoms with Crippen molar-refractivity contribution in [2.75, 3.05) is 11.9 Å². The molecule has 0 aliphatic heterocycles. The van der Waals surface area contributed by atoms with Gasteiger partial charge in [0.2, 0.25) is 0 Å². The summed E-state index contributed by atoms with van der Waals surface area (Å²) in [5.74, 6) is 0. The van der Waals surface area contributed by atoms with E-state index < -0.39 is 4.92 Å². The first-order chi connectivity index (χ1) is 9.00. The molecular weight excluding hydrogens is 262 g/mol. The molecule has 19 heavy (non-hydrogen) atoms. The van der Waals surface area contributed by atoms with Crippen LogP contribution in [0, 0.1) is 10.1 Å². The van der Waals surface area contributed by atoms with E-state index >= 15 is 0 Å². The predicted octanol–water partition coefficient (Wildman–Crippen LogP) is 3.44. The van der Waals surface area contributed by atoms with Crippen molar-refractivity contribution in [1.82, 2.24) is 4.98 Å². The third kappa shape index (κ3) is 3.08. The standard InChI is InChI=1S/C13H15N3O2S/c1-13(2,12-4-3-7-19-12)9-15-10-5-6-14-8-11(10)16(17)18/h3-8H,9H2,1-2H3,(H,14,15). The summed E-state index contributed by atoms with van der Waals surface area (Å²) in [7, 11) is 0. The Hall–Kier alpha value is -1.95. The van der Waals surface area contributed by atoms with Gasteiger partial charge in [0, 0.05) is 23.0 Å². The van der Waals surface area contributed by atoms with Crippen molar-refractivity contribution in [3.63, 3.8) is 0 Å². The quantitative estimate of drug-likeness (QED) is 0.671. The zero-order valence-corrected chi connectivity index (χ0v) is 11.6. The van der Waals surface area contributed by atoms with Crippen molar-refractivity contribution in [2.45, 2.75) is 19.3 Å². The van der Waals surface area contributed by atoms with Gasteiger partial charge in [-0.2, -0.15) is 0 Å². The van der Waals surface area contributed by atoms with E-state index in [1.54, 1.807) is 23.6 Å². The second-order valence-electron chi connectivity index (χ2n) is 4.86. The van der Waals surface area contributed by atoms with E-state index in [0.717, 1.165) is 0 Å². The summed E-state index contributed by atoms with van der Waals surface area (Å²) in [5.41, 5.74) is 0.430. The fraction of sp³-hybridized carbons (Fsp3) is 0.308. The van der Waals surface area contributed by atoms with Gasteiger partial charge in [-0.25, -0.2) is 0 Å². The summed E-state index contributed by atoms with van der Waals surface area (Å²) in [5, 5.41) is 16.1. The second-order valence-corrected chi connectivity index (χ2v) is 5.81. The number of nitrogens with zero attached hydrogens (tertiary/aromatic N) is 2. The highest BCUT2D eigenvalue weighted by Gasteiger charge is 2.23. The van der Waals surface area contributed by atoms with E-state index in [2.05, 4.69) is 30.2 Å². The summed E-state index contributed by atoms with van der Waals surface area (Å²) in [6, 6.07) is 5.71. The first-order valence-electron chi connectivity index (χ1n) is 5.87. The summed E-state index contributed by atoms with van der Waals surface area (Å²) in [4.78, 5) is 15.5. The molecule has 0 aliphatic carbocycles. The maximum atomic E-state index is 10.9. The first-order valence-corrected chi connectivity index (χ1v) is 6.75. The van der Waals surface area contributed by atoms with Gasteiger partial charge in [-0.1, -0.05) is 19.9 Å². The average molecular weight is 277 g/mol. The SMILES string of the molecule is CC(C)(CNc1ccncc1[N+](=O)[O-])c1cccs1. The normalized spacial score (nSPS) is 11.3. The van der Waals surface area contributed by atoms with Crippen molar-refractivity contribution in [2.24, 2.45) is 0 Å². The number of hydrogen-bond acceptors (Lipinski definition) is 5. The molecule has 0 aromatic carbocycles. The molecule has 0 fully saturated rings. The fourth-order valence-corrected chi connectivity index (χ4v) is 2.60. The molecule has 0 saturated carbocycles. The fourth-order valence-electron chi connectivity index (χ4n) is 1.75. The van der Waals surface area contributed by atoms with Crippen LogP contribution in [0.2, 0.25) is 0 Å². The molecule has 1 N–H and O–H groups in total. The van der Waals surface area contributed by atoms with Crippen molar-refractivity contribution < 1.29 is 4.92 Å². The molecular formula is C13H15N3O2S. The van der Waals surface area contributed by atoms with Gasteiger partial charge < -0.3 is 5.32 Å². The molecule has 0 amide bonds. The van der Waals surface area contributed by atoms with E-state index in [1.165, 1.54) is 11.1 Å². The lowest BCUT2D eigenvalue weighted by molar-refractivity contribution is -0.384. The van der Waals surface area contributed by atoms with Gasteiger partial charge in [0.1, 0.15) is 11.9 Å². The Labute approximate surface area is 115 Å². The average Bonchev–Trinajstić information content (AvgIpc) is 2.91. The molecule has 2 heterocycles. The molecule has 0 aliphatic rings. The van der Waals surface area contributed by atoms with E-state index in [4.69, 9.17) is 0 Å². The minimum Gasteiger partial charge on any atom is -0.378 e. The zero-order chi connectivity index (χ0) is 13.9. The van der Waals surface area contributed by atoms with Crippen LogP contribution in [0.25, 0.3) is 0 Å². The van der Waals surface area contributed by atoms with Gasteiger partial charge in [0.15, 0.2) is 0 Å². The van der Waals surface area contributed by atoms with Crippen LogP contribution >= 0.6 is 11.3 Å². The van der Waals surface area contributed by atoms with Crippen molar-refractivity contribution in [1.29, 1.82) is 0 Å².